The Morgan fingerprint density at radius 3 is 1.40 bits per heavy atom. The highest BCUT2D eigenvalue weighted by Crippen LogP contribution is 2.41. The van der Waals surface area contributed by atoms with E-state index >= 15 is 0 Å². The van der Waals surface area contributed by atoms with Crippen LogP contribution in [0.2, 0.25) is 10.0 Å². The Morgan fingerprint density at radius 1 is 0.622 bits per heavy atom. The van der Waals surface area contributed by atoms with Gasteiger partial charge >= 0.3 is 0 Å². The van der Waals surface area contributed by atoms with Crippen molar-refractivity contribution in [3.8, 4) is 34.0 Å². The molecule has 0 saturated carbocycles. The van der Waals surface area contributed by atoms with Crippen LogP contribution in [0.25, 0.3) is 22.5 Å². The van der Waals surface area contributed by atoms with E-state index in [0.717, 1.165) is 47.9 Å². The molecule has 82 heavy (non-hydrogen) atoms. The molecule has 2 fully saturated rings. The zero-order valence-corrected chi connectivity index (χ0v) is 48.0. The molecule has 4 aliphatic heterocycles. The van der Waals surface area contributed by atoms with Crippen LogP contribution in [0.1, 0.15) is 120 Å². The van der Waals surface area contributed by atoms with Crippen molar-refractivity contribution >= 4 is 58.7 Å². The summed E-state index contributed by atoms with van der Waals surface area (Å²) in [5, 5.41) is 13.5. The zero-order chi connectivity index (χ0) is 57.9. The number of amides is 4. The van der Waals surface area contributed by atoms with E-state index in [1.54, 1.807) is 48.5 Å². The van der Waals surface area contributed by atoms with Gasteiger partial charge in [0.2, 0.25) is 23.7 Å². The second kappa shape index (κ2) is 27.5. The molecular weight excluding hydrogens is 1090 g/mol. The number of carbonyl (C=O) groups is 4. The minimum absolute atomic E-state index is 0.0880. The lowest BCUT2D eigenvalue weighted by Gasteiger charge is -2.25. The first-order valence-electron chi connectivity index (χ1n) is 27.7. The number of fused-ring (bicyclic) bond motifs is 2. The van der Waals surface area contributed by atoms with Crippen molar-refractivity contribution in [2.75, 3.05) is 77.5 Å². The number of nitrogens with zero attached hydrogens (tertiary/aromatic N) is 6. The van der Waals surface area contributed by atoms with E-state index in [4.69, 9.17) is 53.6 Å². The first-order valence-corrected chi connectivity index (χ1v) is 28.4. The summed E-state index contributed by atoms with van der Waals surface area (Å²) in [4.78, 5) is 74.7. The highest BCUT2D eigenvalue weighted by Gasteiger charge is 2.39. The second-order valence-corrected chi connectivity index (χ2v) is 21.4. The number of nitrogens with one attached hydrogen (secondary N) is 4. The number of hydrogen-bond acceptors (Lipinski definition) is 16. The van der Waals surface area contributed by atoms with Crippen molar-refractivity contribution in [3.05, 3.63) is 141 Å². The Labute approximate surface area is 487 Å². The van der Waals surface area contributed by atoms with Crippen LogP contribution in [0.5, 0.6) is 11.5 Å². The Bertz CT molecular complexity index is 3040. The van der Waals surface area contributed by atoms with Gasteiger partial charge in [-0.3, -0.25) is 19.2 Å². The lowest BCUT2D eigenvalue weighted by molar-refractivity contribution is -0.123. The molecule has 4 aromatic carbocycles. The van der Waals surface area contributed by atoms with Crippen LogP contribution in [0.4, 0.5) is 11.9 Å². The summed E-state index contributed by atoms with van der Waals surface area (Å²) < 4.78 is 21.5. The maximum Gasteiger partial charge on any atom is 0.255 e. The lowest BCUT2D eigenvalue weighted by atomic mass is 9.98. The van der Waals surface area contributed by atoms with Crippen molar-refractivity contribution < 1.29 is 38.1 Å². The van der Waals surface area contributed by atoms with Crippen LogP contribution < -0.4 is 42.2 Å². The minimum Gasteiger partial charge on any atom is -0.497 e. The van der Waals surface area contributed by atoms with Crippen LogP contribution in [0.3, 0.4) is 0 Å². The van der Waals surface area contributed by atoms with Gasteiger partial charge in [0.05, 0.1) is 72.2 Å². The van der Waals surface area contributed by atoms with E-state index in [1.807, 2.05) is 86.6 Å². The molecule has 432 valence electrons. The predicted molar refractivity (Wildman–Crippen MR) is 314 cm³/mol. The molecule has 6 aromatic rings. The van der Waals surface area contributed by atoms with Crippen LogP contribution >= 0.6 is 23.2 Å². The van der Waals surface area contributed by atoms with E-state index < -0.39 is 0 Å². The summed E-state index contributed by atoms with van der Waals surface area (Å²) in [7, 11) is 3.20. The van der Waals surface area contributed by atoms with E-state index in [9.17, 15) is 19.2 Å². The molecule has 22 heteroatoms. The van der Waals surface area contributed by atoms with Gasteiger partial charge in [-0.2, -0.15) is 0 Å². The minimum atomic E-state index is -0.305. The van der Waals surface area contributed by atoms with Gasteiger partial charge < -0.3 is 61.5 Å². The van der Waals surface area contributed by atoms with E-state index in [1.165, 1.54) is 0 Å². The summed E-state index contributed by atoms with van der Waals surface area (Å²) in [6.45, 7) is 7.15. The fraction of sp³-hybridized carbons (Fsp3) is 0.400. The molecule has 6 heterocycles. The number of ether oxygens (including phenoxy) is 4. The fourth-order valence-electron chi connectivity index (χ4n) is 10.8. The topological polar surface area (TPSA) is 263 Å². The van der Waals surface area contributed by atoms with Gasteiger partial charge in [-0.05, 0) is 124 Å². The van der Waals surface area contributed by atoms with Gasteiger partial charge in [-0.25, -0.2) is 19.9 Å². The maximum absolute atomic E-state index is 13.7. The number of rotatable bonds is 20. The molecule has 10 rings (SSSR count). The number of carbonyl (C=O) groups excluding carboxylic acids is 4. The van der Waals surface area contributed by atoms with Gasteiger partial charge in [0, 0.05) is 60.8 Å². The van der Waals surface area contributed by atoms with Gasteiger partial charge in [-0.15, -0.1) is 0 Å². The molecule has 4 amide bonds. The quantitative estimate of drug-likeness (QED) is 0.0420. The van der Waals surface area contributed by atoms with Gasteiger partial charge in [0.1, 0.15) is 24.6 Å². The van der Waals surface area contributed by atoms with Gasteiger partial charge in [-0.1, -0.05) is 71.7 Å². The average molecular weight is 1160 g/mol. The Morgan fingerprint density at radius 2 is 1.02 bits per heavy atom. The number of anilines is 2. The van der Waals surface area contributed by atoms with Crippen molar-refractivity contribution in [1.29, 1.82) is 0 Å². The Balaban J connectivity index is 0.000000198. The van der Waals surface area contributed by atoms with Crippen LogP contribution in [0, 0.1) is 0 Å². The van der Waals surface area contributed by atoms with E-state index in [-0.39, 0.29) is 73.0 Å². The number of halogens is 2. The molecule has 4 atom stereocenters. The van der Waals surface area contributed by atoms with Gasteiger partial charge in [0.15, 0.2) is 0 Å². The molecular formula is C60H70Cl2N12O8. The Kier molecular flexibility index (Phi) is 19.9. The molecule has 0 radical (unpaired) electrons. The van der Waals surface area contributed by atoms with Crippen molar-refractivity contribution in [2.45, 2.75) is 88.6 Å². The number of benzene rings is 4. The third-order valence-electron chi connectivity index (χ3n) is 15.2. The Hall–Kier alpha value is -7.46. The first kappa shape index (κ1) is 59.2. The predicted octanol–water partition coefficient (Wildman–Crippen LogP) is 8.24. The summed E-state index contributed by atoms with van der Waals surface area (Å²) in [6.07, 6.45) is 7.69. The summed E-state index contributed by atoms with van der Waals surface area (Å²) in [5.41, 5.74) is 18.8. The molecule has 0 aliphatic carbocycles. The van der Waals surface area contributed by atoms with Crippen molar-refractivity contribution in [3.63, 3.8) is 0 Å². The van der Waals surface area contributed by atoms with Crippen molar-refractivity contribution in [1.82, 2.24) is 40.4 Å². The first-order chi connectivity index (χ1) is 39.7. The SMILES string of the molecule is COc1cccc([C@@H](C)NC(=O)CN2C(=O)c3cc(-c4nc(NC5CCOCC5)ncc4Cl)ccc3[C@@H]2CCN)c1.COc1cccc([C@@H](C)NC(=O)CN2C(=O)c3cc(-c4nc(NC5CCOCC5)ncc4Cl)ccc3[C@H]2CCN)c1. The monoisotopic (exact) mass is 1160 g/mol. The third-order valence-corrected chi connectivity index (χ3v) is 15.7. The van der Waals surface area contributed by atoms with Crippen molar-refractivity contribution in [2.24, 2.45) is 11.5 Å². The molecule has 0 unspecified atom stereocenters. The summed E-state index contributed by atoms with van der Waals surface area (Å²) in [6, 6.07) is 25.6. The van der Waals surface area contributed by atoms with E-state index in [2.05, 4.69) is 41.2 Å². The van der Waals surface area contributed by atoms with E-state index in [0.29, 0.717) is 119 Å². The molecule has 0 bridgehead atoms. The highest BCUT2D eigenvalue weighted by molar-refractivity contribution is 6.33. The molecule has 4 aliphatic rings. The number of aromatic nitrogens is 4. The highest BCUT2D eigenvalue weighted by atomic mass is 35.5. The van der Waals surface area contributed by atoms with Crippen LogP contribution in [-0.4, -0.2) is 132 Å². The van der Waals surface area contributed by atoms with Gasteiger partial charge in [0.25, 0.3) is 11.8 Å². The zero-order valence-electron chi connectivity index (χ0n) is 46.5. The standard InChI is InChI=1S/2C30H35ClN6O4/c2*1-18(19-4-3-5-22(14-19)40-2)34-27(38)17-37-26(8-11-32)23-7-6-20(15-24(23)29(37)39)28-25(31)16-33-30(36-28)35-21-9-12-41-13-10-21/h2*3-7,14-16,18,21,26H,8-13,17,32H2,1-2H3,(H,34,38)(H,33,35,36)/t18-,26+;18-,26-/m11/s1. The number of nitrogens with two attached hydrogens (primary N) is 2. The molecule has 2 saturated heterocycles. The molecule has 8 N–H and O–H groups in total. The summed E-state index contributed by atoms with van der Waals surface area (Å²) in [5.74, 6) is 1.41. The van der Waals surface area contributed by atoms with Crippen LogP contribution in [-0.2, 0) is 19.1 Å². The second-order valence-electron chi connectivity index (χ2n) is 20.6. The number of methoxy groups -OCH3 is 2. The maximum atomic E-state index is 13.7. The molecule has 2 aromatic heterocycles. The smallest absolute Gasteiger partial charge is 0.255 e. The largest absolute Gasteiger partial charge is 0.497 e. The summed E-state index contributed by atoms with van der Waals surface area (Å²) >= 11 is 13.0. The average Bonchev–Trinajstić information content (AvgIpc) is 4.07. The third kappa shape index (κ3) is 14.1. The molecule has 0 spiro atoms. The molecule has 20 nitrogen and oxygen atoms in total. The normalized spacial score (nSPS) is 17.7. The number of hydrogen-bond donors (Lipinski definition) is 6. The van der Waals surface area contributed by atoms with Crippen LogP contribution in [0.15, 0.2) is 97.3 Å². The fourth-order valence-corrected chi connectivity index (χ4v) is 11.2. The lowest BCUT2D eigenvalue weighted by Crippen LogP contribution is -2.40.